The fraction of sp³-hybridized carbons (Fsp3) is 0.364. The van der Waals surface area contributed by atoms with Crippen LogP contribution in [0, 0.1) is 0 Å². The van der Waals surface area contributed by atoms with Crippen molar-refractivity contribution in [3.8, 4) is 0 Å². The van der Waals surface area contributed by atoms with Gasteiger partial charge in [-0.15, -0.1) is 0 Å². The molecule has 17 heavy (non-hydrogen) atoms. The Balaban J connectivity index is 1.70. The number of aromatic nitrogens is 3. The fourth-order valence-corrected chi connectivity index (χ4v) is 2.51. The van der Waals surface area contributed by atoms with Gasteiger partial charge in [0.05, 0.1) is 5.69 Å². The van der Waals surface area contributed by atoms with Gasteiger partial charge >= 0.3 is 0 Å². The minimum absolute atomic E-state index is 0.752. The lowest BCUT2D eigenvalue weighted by atomic mass is 10.4. The fourth-order valence-electron chi connectivity index (χ4n) is 1.70. The van der Waals surface area contributed by atoms with Crippen molar-refractivity contribution in [1.29, 1.82) is 0 Å². The minimum Gasteiger partial charge on any atom is -0.365 e. The molecule has 0 atom stereocenters. The Hall–Kier alpha value is -1.56. The predicted molar refractivity (Wildman–Crippen MR) is 69.2 cm³/mol. The van der Waals surface area contributed by atoms with Gasteiger partial charge in [0.15, 0.2) is 5.17 Å². The highest BCUT2D eigenvalue weighted by Crippen LogP contribution is 2.13. The number of hydrogen-bond donors (Lipinski definition) is 1. The standard InChI is InChI=1S/C11H13N5S/c1-3-13-11(14-4-1)17-8-9-7-16-6-2-5-12-10(16)15-9/h2,5-7H,1,3-4,8H2,(H,13,14). The molecule has 88 valence electrons. The molecule has 0 bridgehead atoms. The molecule has 6 heteroatoms. The van der Waals surface area contributed by atoms with E-state index in [1.807, 2.05) is 22.9 Å². The van der Waals surface area contributed by atoms with Crippen LogP contribution in [0.4, 0.5) is 0 Å². The van der Waals surface area contributed by atoms with Crippen LogP contribution >= 0.6 is 11.8 Å². The molecule has 5 nitrogen and oxygen atoms in total. The number of aliphatic imine (C=N–C) groups is 1. The Labute approximate surface area is 103 Å². The number of fused-ring (bicyclic) bond motifs is 1. The largest absolute Gasteiger partial charge is 0.365 e. The summed E-state index contributed by atoms with van der Waals surface area (Å²) in [5.74, 6) is 1.58. The molecule has 0 radical (unpaired) electrons. The third-order valence-electron chi connectivity index (χ3n) is 2.51. The van der Waals surface area contributed by atoms with Crippen LogP contribution in [0.5, 0.6) is 0 Å². The van der Waals surface area contributed by atoms with Gasteiger partial charge in [-0.2, -0.15) is 0 Å². The molecule has 0 aromatic carbocycles. The van der Waals surface area contributed by atoms with Crippen LogP contribution in [0.1, 0.15) is 12.1 Å². The lowest BCUT2D eigenvalue weighted by Gasteiger charge is -2.12. The molecular weight excluding hydrogens is 234 g/mol. The van der Waals surface area contributed by atoms with E-state index in [2.05, 4.69) is 20.3 Å². The maximum atomic E-state index is 4.45. The molecule has 3 rings (SSSR count). The first-order valence-electron chi connectivity index (χ1n) is 5.61. The number of amidine groups is 1. The van der Waals surface area contributed by atoms with E-state index in [4.69, 9.17) is 0 Å². The molecule has 0 aliphatic carbocycles. The van der Waals surface area contributed by atoms with E-state index in [0.717, 1.165) is 41.9 Å². The van der Waals surface area contributed by atoms with Gasteiger partial charge < -0.3 is 5.32 Å². The van der Waals surface area contributed by atoms with Crippen LogP contribution in [0.15, 0.2) is 29.6 Å². The maximum Gasteiger partial charge on any atom is 0.233 e. The van der Waals surface area contributed by atoms with E-state index in [-0.39, 0.29) is 0 Å². The molecule has 0 spiro atoms. The van der Waals surface area contributed by atoms with Crippen molar-refractivity contribution in [2.75, 3.05) is 13.1 Å². The second kappa shape index (κ2) is 4.75. The SMILES string of the molecule is c1cnc2nc(CSC3=NCCCN3)cn2c1. The normalized spacial score (nSPS) is 15.6. The zero-order valence-electron chi connectivity index (χ0n) is 9.33. The van der Waals surface area contributed by atoms with Crippen LogP contribution in [-0.2, 0) is 5.75 Å². The van der Waals surface area contributed by atoms with Gasteiger partial charge in [0.1, 0.15) is 0 Å². The number of nitrogens with one attached hydrogen (secondary N) is 1. The first-order chi connectivity index (χ1) is 8.42. The molecule has 0 saturated heterocycles. The predicted octanol–water partition coefficient (Wildman–Crippen LogP) is 1.31. The van der Waals surface area contributed by atoms with E-state index in [1.54, 1.807) is 18.0 Å². The lowest BCUT2D eigenvalue weighted by molar-refractivity contribution is 0.751. The van der Waals surface area contributed by atoms with E-state index in [0.29, 0.717) is 0 Å². The molecule has 1 aliphatic rings. The summed E-state index contributed by atoms with van der Waals surface area (Å²) in [5.41, 5.74) is 1.03. The summed E-state index contributed by atoms with van der Waals surface area (Å²) in [4.78, 5) is 13.1. The Morgan fingerprint density at radius 1 is 1.47 bits per heavy atom. The van der Waals surface area contributed by atoms with Gasteiger partial charge in [-0.25, -0.2) is 9.97 Å². The third kappa shape index (κ3) is 2.41. The molecule has 1 aliphatic heterocycles. The van der Waals surface area contributed by atoms with Crippen LogP contribution in [0.3, 0.4) is 0 Å². The minimum atomic E-state index is 0.752. The Morgan fingerprint density at radius 2 is 2.47 bits per heavy atom. The number of imidazole rings is 1. The molecule has 1 N–H and O–H groups in total. The first kappa shape index (κ1) is 10.6. The summed E-state index contributed by atoms with van der Waals surface area (Å²) in [6.45, 7) is 1.96. The molecule has 0 fully saturated rings. The van der Waals surface area contributed by atoms with Crippen LogP contribution in [0.25, 0.3) is 5.78 Å². The van der Waals surface area contributed by atoms with Crippen molar-refractivity contribution in [3.63, 3.8) is 0 Å². The van der Waals surface area contributed by atoms with Crippen LogP contribution in [0.2, 0.25) is 0 Å². The van der Waals surface area contributed by atoms with E-state index in [1.165, 1.54) is 0 Å². The van der Waals surface area contributed by atoms with Crippen molar-refractivity contribution in [1.82, 2.24) is 19.7 Å². The van der Waals surface area contributed by atoms with E-state index in [9.17, 15) is 0 Å². The molecule has 2 aromatic rings. The highest BCUT2D eigenvalue weighted by atomic mass is 32.2. The summed E-state index contributed by atoms with van der Waals surface area (Å²) >= 11 is 1.70. The topological polar surface area (TPSA) is 54.6 Å². The maximum absolute atomic E-state index is 4.45. The molecule has 0 saturated carbocycles. The molecule has 2 aromatic heterocycles. The van der Waals surface area contributed by atoms with Gasteiger partial charge in [-0.05, 0) is 12.5 Å². The number of rotatable bonds is 2. The van der Waals surface area contributed by atoms with Crippen molar-refractivity contribution in [2.24, 2.45) is 4.99 Å². The number of nitrogens with zero attached hydrogens (tertiary/aromatic N) is 4. The zero-order chi connectivity index (χ0) is 11.5. The van der Waals surface area contributed by atoms with Crippen molar-refractivity contribution in [2.45, 2.75) is 12.2 Å². The average Bonchev–Trinajstić information content (AvgIpc) is 2.80. The van der Waals surface area contributed by atoms with Gasteiger partial charge in [-0.3, -0.25) is 9.39 Å². The highest BCUT2D eigenvalue weighted by molar-refractivity contribution is 8.13. The Bertz CT molecular complexity index is 515. The van der Waals surface area contributed by atoms with Gasteiger partial charge in [-0.1, -0.05) is 11.8 Å². The van der Waals surface area contributed by atoms with Crippen molar-refractivity contribution >= 4 is 22.7 Å². The number of thioether (sulfide) groups is 1. The lowest BCUT2D eigenvalue weighted by Crippen LogP contribution is -2.26. The van der Waals surface area contributed by atoms with Gasteiger partial charge in [0.2, 0.25) is 5.78 Å². The average molecular weight is 247 g/mol. The Kier molecular flexibility index (Phi) is 2.96. The summed E-state index contributed by atoms with van der Waals surface area (Å²) in [6, 6.07) is 1.90. The summed E-state index contributed by atoms with van der Waals surface area (Å²) < 4.78 is 1.94. The monoisotopic (exact) mass is 247 g/mol. The summed E-state index contributed by atoms with van der Waals surface area (Å²) in [6.07, 6.45) is 6.85. The zero-order valence-corrected chi connectivity index (χ0v) is 10.2. The highest BCUT2D eigenvalue weighted by Gasteiger charge is 2.07. The summed E-state index contributed by atoms with van der Waals surface area (Å²) in [7, 11) is 0. The second-order valence-corrected chi connectivity index (χ2v) is 4.78. The van der Waals surface area contributed by atoms with E-state index < -0.39 is 0 Å². The molecule has 0 unspecified atom stereocenters. The summed E-state index contributed by atoms with van der Waals surface area (Å²) in [5, 5.41) is 4.31. The Morgan fingerprint density at radius 3 is 3.29 bits per heavy atom. The van der Waals surface area contributed by atoms with Gasteiger partial charge in [0.25, 0.3) is 0 Å². The molecule has 0 amide bonds. The van der Waals surface area contributed by atoms with Crippen molar-refractivity contribution in [3.05, 3.63) is 30.4 Å². The van der Waals surface area contributed by atoms with Crippen LogP contribution in [-0.4, -0.2) is 32.6 Å². The molecular formula is C11H13N5S. The van der Waals surface area contributed by atoms with E-state index >= 15 is 0 Å². The van der Waals surface area contributed by atoms with Gasteiger partial charge in [0, 0.05) is 37.4 Å². The quantitative estimate of drug-likeness (QED) is 0.869. The number of hydrogen-bond acceptors (Lipinski definition) is 5. The third-order valence-corrected chi connectivity index (χ3v) is 3.50. The second-order valence-electron chi connectivity index (χ2n) is 3.82. The van der Waals surface area contributed by atoms with Crippen molar-refractivity contribution < 1.29 is 0 Å². The molecule has 3 heterocycles. The first-order valence-corrected chi connectivity index (χ1v) is 6.60. The van der Waals surface area contributed by atoms with Crippen LogP contribution < -0.4 is 5.32 Å². The smallest absolute Gasteiger partial charge is 0.233 e.